The van der Waals surface area contributed by atoms with Gasteiger partial charge in [0.15, 0.2) is 5.69 Å². The summed E-state index contributed by atoms with van der Waals surface area (Å²) in [5.74, 6) is 0. The predicted molar refractivity (Wildman–Crippen MR) is 94.1 cm³/mol. The standard InChI is InChI=1S/C10H18NOS.C7H8O3S/c1-3-4-6-11-8-13-10(5-7-12)9(11)2;1-6-2-4-7(5-3-6)11(8,9)10/h8,12H,3-7H2,1-2H3;2-5H,1H3,(H,8,9,10)/q+1;/p-1. The third-order valence-corrected chi connectivity index (χ3v) is 5.55. The Kier molecular flexibility index (Phi) is 8.55. The first-order chi connectivity index (χ1) is 11.3. The molecule has 0 aliphatic carbocycles. The van der Waals surface area contributed by atoms with Crippen LogP contribution in [0.5, 0.6) is 0 Å². The Balaban J connectivity index is 0.000000243. The van der Waals surface area contributed by atoms with E-state index in [0.717, 1.165) is 18.5 Å². The Morgan fingerprint density at radius 2 is 1.83 bits per heavy atom. The van der Waals surface area contributed by atoms with E-state index < -0.39 is 10.1 Å². The molecule has 0 atom stereocenters. The first-order valence-corrected chi connectivity index (χ1v) is 10.2. The van der Waals surface area contributed by atoms with Crippen molar-refractivity contribution in [3.05, 3.63) is 45.9 Å². The predicted octanol–water partition coefficient (Wildman–Crippen LogP) is 2.58. The Morgan fingerprint density at radius 3 is 2.33 bits per heavy atom. The molecular weight excluding hydrogens is 346 g/mol. The molecular formula is C17H25NO4S2. The number of hydrogen-bond donors (Lipinski definition) is 1. The van der Waals surface area contributed by atoms with Crippen molar-refractivity contribution in [1.82, 2.24) is 0 Å². The fourth-order valence-electron chi connectivity index (χ4n) is 2.05. The van der Waals surface area contributed by atoms with Gasteiger partial charge in [-0.3, -0.25) is 0 Å². The van der Waals surface area contributed by atoms with Crippen LogP contribution in [0.4, 0.5) is 0 Å². The van der Waals surface area contributed by atoms with Gasteiger partial charge in [-0.15, -0.1) is 0 Å². The fraction of sp³-hybridized carbons (Fsp3) is 0.471. The maximum absolute atomic E-state index is 10.4. The average molecular weight is 372 g/mol. The third kappa shape index (κ3) is 6.68. The number of thiazole rings is 1. The van der Waals surface area contributed by atoms with E-state index in [1.54, 1.807) is 23.5 Å². The van der Waals surface area contributed by atoms with Crippen LogP contribution in [-0.2, 0) is 23.1 Å². The normalized spacial score (nSPS) is 11.0. The molecule has 134 valence electrons. The molecule has 0 aliphatic heterocycles. The van der Waals surface area contributed by atoms with E-state index >= 15 is 0 Å². The minimum Gasteiger partial charge on any atom is -0.744 e. The summed E-state index contributed by atoms with van der Waals surface area (Å²) in [6.07, 6.45) is 3.27. The monoisotopic (exact) mass is 371 g/mol. The van der Waals surface area contributed by atoms with Gasteiger partial charge in [-0.2, -0.15) is 4.57 Å². The summed E-state index contributed by atoms with van der Waals surface area (Å²) < 4.78 is 33.5. The van der Waals surface area contributed by atoms with Crippen LogP contribution in [-0.4, -0.2) is 24.7 Å². The molecule has 2 aromatic rings. The molecule has 0 spiro atoms. The summed E-state index contributed by atoms with van der Waals surface area (Å²) in [7, 11) is -4.27. The van der Waals surface area contributed by atoms with Crippen LogP contribution in [0.1, 0.15) is 35.9 Å². The number of aliphatic hydroxyl groups is 1. The number of nitrogens with zero attached hydrogens (tertiary/aromatic N) is 1. The fourth-order valence-corrected chi connectivity index (χ4v) is 3.53. The Hall–Kier alpha value is -1.28. The van der Waals surface area contributed by atoms with Gasteiger partial charge in [0, 0.05) is 26.4 Å². The van der Waals surface area contributed by atoms with Crippen molar-refractivity contribution >= 4 is 21.5 Å². The second kappa shape index (κ2) is 9.88. The van der Waals surface area contributed by atoms with Crippen molar-refractivity contribution in [2.75, 3.05) is 6.61 Å². The lowest BCUT2D eigenvalue weighted by Crippen LogP contribution is -2.34. The van der Waals surface area contributed by atoms with Crippen molar-refractivity contribution in [2.45, 2.75) is 51.5 Å². The lowest BCUT2D eigenvalue weighted by molar-refractivity contribution is -0.698. The summed E-state index contributed by atoms with van der Waals surface area (Å²) in [6, 6.07) is 5.78. The lowest BCUT2D eigenvalue weighted by Gasteiger charge is -2.05. The number of benzene rings is 1. The lowest BCUT2D eigenvalue weighted by atomic mass is 10.2. The number of rotatable bonds is 6. The molecule has 7 heteroatoms. The van der Waals surface area contributed by atoms with E-state index in [0.29, 0.717) is 0 Å². The van der Waals surface area contributed by atoms with Crippen LogP contribution < -0.4 is 4.57 Å². The van der Waals surface area contributed by atoms with E-state index in [-0.39, 0.29) is 11.5 Å². The Morgan fingerprint density at radius 1 is 1.21 bits per heavy atom. The maximum Gasteiger partial charge on any atom is 0.225 e. The van der Waals surface area contributed by atoms with Crippen molar-refractivity contribution < 1.29 is 22.6 Å². The molecule has 0 saturated heterocycles. The van der Waals surface area contributed by atoms with Gasteiger partial charge in [0.25, 0.3) is 0 Å². The summed E-state index contributed by atoms with van der Waals surface area (Å²) >= 11 is 1.75. The molecule has 5 nitrogen and oxygen atoms in total. The van der Waals surface area contributed by atoms with E-state index in [4.69, 9.17) is 5.11 Å². The van der Waals surface area contributed by atoms with E-state index in [2.05, 4.69) is 23.9 Å². The Bertz CT molecular complexity index is 722. The highest BCUT2D eigenvalue weighted by Gasteiger charge is 2.13. The number of aryl methyl sites for hydroxylation is 2. The number of hydrogen-bond acceptors (Lipinski definition) is 5. The largest absolute Gasteiger partial charge is 0.744 e. The van der Waals surface area contributed by atoms with E-state index in [9.17, 15) is 13.0 Å². The zero-order chi connectivity index (χ0) is 18.2. The van der Waals surface area contributed by atoms with Gasteiger partial charge < -0.3 is 9.66 Å². The molecule has 0 saturated carbocycles. The number of aromatic nitrogens is 1. The van der Waals surface area contributed by atoms with Crippen molar-refractivity contribution in [1.29, 1.82) is 0 Å². The quantitative estimate of drug-likeness (QED) is 0.625. The minimum atomic E-state index is -4.27. The molecule has 1 heterocycles. The van der Waals surface area contributed by atoms with Crippen molar-refractivity contribution in [2.24, 2.45) is 0 Å². The molecule has 1 N–H and O–H groups in total. The van der Waals surface area contributed by atoms with Gasteiger partial charge in [-0.05, 0) is 19.1 Å². The zero-order valence-corrected chi connectivity index (χ0v) is 16.0. The maximum atomic E-state index is 10.4. The molecule has 1 aromatic carbocycles. The van der Waals surface area contributed by atoms with E-state index in [1.165, 1.54) is 35.5 Å². The van der Waals surface area contributed by atoms with Crippen LogP contribution in [0.3, 0.4) is 0 Å². The van der Waals surface area contributed by atoms with Gasteiger partial charge in [-0.25, -0.2) is 8.42 Å². The topological polar surface area (TPSA) is 81.3 Å². The van der Waals surface area contributed by atoms with Gasteiger partial charge in [-0.1, -0.05) is 42.4 Å². The Labute approximate surface area is 148 Å². The number of aliphatic hydroxyl groups excluding tert-OH is 1. The van der Waals surface area contributed by atoms with Crippen LogP contribution in [0, 0.1) is 13.8 Å². The van der Waals surface area contributed by atoms with Gasteiger partial charge in [0.2, 0.25) is 5.51 Å². The van der Waals surface area contributed by atoms with Crippen LogP contribution in [0.15, 0.2) is 34.7 Å². The minimum absolute atomic E-state index is 0.178. The highest BCUT2D eigenvalue weighted by Crippen LogP contribution is 2.11. The molecule has 2 rings (SSSR count). The smallest absolute Gasteiger partial charge is 0.225 e. The highest BCUT2D eigenvalue weighted by atomic mass is 32.2. The molecule has 24 heavy (non-hydrogen) atoms. The zero-order valence-electron chi connectivity index (χ0n) is 14.4. The summed E-state index contributed by atoms with van der Waals surface area (Å²) in [5.41, 5.74) is 4.42. The second-order valence-electron chi connectivity index (χ2n) is 5.52. The third-order valence-electron chi connectivity index (χ3n) is 3.56. The van der Waals surface area contributed by atoms with E-state index in [1.807, 2.05) is 6.92 Å². The molecule has 0 fully saturated rings. The SMILES string of the molecule is CCCC[n+]1csc(CCO)c1C.Cc1ccc(S(=O)(=O)[O-])cc1. The van der Waals surface area contributed by atoms with Crippen molar-refractivity contribution in [3.63, 3.8) is 0 Å². The van der Waals surface area contributed by atoms with Gasteiger partial charge in [0.05, 0.1) is 9.77 Å². The first-order valence-electron chi connectivity index (χ1n) is 7.89. The summed E-state index contributed by atoms with van der Waals surface area (Å²) in [5, 5.41) is 8.83. The molecule has 0 radical (unpaired) electrons. The molecule has 0 aliphatic rings. The van der Waals surface area contributed by atoms with Crippen LogP contribution in [0.25, 0.3) is 0 Å². The van der Waals surface area contributed by atoms with Gasteiger partial charge >= 0.3 is 0 Å². The summed E-state index contributed by atoms with van der Waals surface area (Å²) in [6.45, 7) is 7.54. The molecule has 0 amide bonds. The van der Waals surface area contributed by atoms with Gasteiger partial charge in [0.1, 0.15) is 16.7 Å². The highest BCUT2D eigenvalue weighted by molar-refractivity contribution is 7.85. The summed E-state index contributed by atoms with van der Waals surface area (Å²) in [4.78, 5) is 1.14. The van der Waals surface area contributed by atoms with Crippen LogP contribution in [0.2, 0.25) is 0 Å². The number of unbranched alkanes of at least 4 members (excludes halogenated alkanes) is 1. The molecule has 0 bridgehead atoms. The second-order valence-corrected chi connectivity index (χ2v) is 7.84. The van der Waals surface area contributed by atoms with Crippen LogP contribution >= 0.6 is 11.3 Å². The first kappa shape index (κ1) is 20.8. The van der Waals surface area contributed by atoms with Crippen molar-refractivity contribution in [3.8, 4) is 0 Å². The molecule has 0 unspecified atom stereocenters. The molecule has 1 aromatic heterocycles. The average Bonchev–Trinajstić information content (AvgIpc) is 2.86.